The fourth-order valence-corrected chi connectivity index (χ4v) is 2.43. The fraction of sp³-hybridized carbons (Fsp3) is 0.632. The Morgan fingerprint density at radius 1 is 1.21 bits per heavy atom. The van der Waals surface area contributed by atoms with Gasteiger partial charge in [-0.15, -0.1) is 12.4 Å². The van der Waals surface area contributed by atoms with Crippen LogP contribution in [-0.2, 0) is 11.3 Å². The van der Waals surface area contributed by atoms with E-state index in [1.165, 1.54) is 0 Å². The molecule has 24 heavy (non-hydrogen) atoms. The lowest BCUT2D eigenvalue weighted by Gasteiger charge is -2.20. The number of ether oxygens (including phenoxy) is 1. The molecule has 138 valence electrons. The van der Waals surface area contributed by atoms with E-state index >= 15 is 0 Å². The first-order valence-corrected chi connectivity index (χ1v) is 8.50. The highest BCUT2D eigenvalue weighted by atomic mass is 35.5. The standard InChI is InChI=1S/C19H32N2O2.ClH/c1-12(2)9-14(4)23-18-10-13(3)7-8-17(18)11-21-19(22)15(5)16(6)20;/h7-8,10,12,14-16H,9,11,20H2,1-6H3,(H,21,22);1H. The van der Waals surface area contributed by atoms with E-state index in [0.29, 0.717) is 12.5 Å². The summed E-state index contributed by atoms with van der Waals surface area (Å²) in [5.74, 6) is 1.21. The molecule has 1 rings (SSSR count). The molecule has 0 spiro atoms. The molecule has 1 aromatic carbocycles. The number of carbonyl (C=O) groups excluding carboxylic acids is 1. The van der Waals surface area contributed by atoms with E-state index in [1.54, 1.807) is 0 Å². The summed E-state index contributed by atoms with van der Waals surface area (Å²) in [7, 11) is 0. The van der Waals surface area contributed by atoms with Crippen molar-refractivity contribution in [1.82, 2.24) is 5.32 Å². The first-order chi connectivity index (χ1) is 10.7. The van der Waals surface area contributed by atoms with Crippen LogP contribution in [0.4, 0.5) is 0 Å². The molecule has 0 bridgehead atoms. The minimum atomic E-state index is -0.204. The van der Waals surface area contributed by atoms with Crippen molar-refractivity contribution in [2.24, 2.45) is 17.6 Å². The van der Waals surface area contributed by atoms with Crippen molar-refractivity contribution < 1.29 is 9.53 Å². The first kappa shape index (κ1) is 22.7. The molecule has 3 unspecified atom stereocenters. The highest BCUT2D eigenvalue weighted by molar-refractivity contribution is 5.85. The number of nitrogens with two attached hydrogens (primary N) is 1. The van der Waals surface area contributed by atoms with Crippen molar-refractivity contribution >= 4 is 18.3 Å². The Labute approximate surface area is 152 Å². The zero-order valence-electron chi connectivity index (χ0n) is 15.8. The minimum Gasteiger partial charge on any atom is -0.490 e. The highest BCUT2D eigenvalue weighted by Gasteiger charge is 2.17. The Balaban J connectivity index is 0.00000529. The summed E-state index contributed by atoms with van der Waals surface area (Å²) in [6.45, 7) is 12.7. The molecule has 3 atom stereocenters. The maximum atomic E-state index is 12.1. The van der Waals surface area contributed by atoms with E-state index in [9.17, 15) is 4.79 Å². The summed E-state index contributed by atoms with van der Waals surface area (Å²) in [6.07, 6.45) is 1.15. The molecule has 0 saturated carbocycles. The molecule has 4 nitrogen and oxygen atoms in total. The summed E-state index contributed by atoms with van der Waals surface area (Å²) >= 11 is 0. The number of aryl methyl sites for hydroxylation is 1. The van der Waals surface area contributed by atoms with Crippen LogP contribution in [0.5, 0.6) is 5.75 Å². The number of rotatable bonds is 8. The average molecular weight is 357 g/mol. The van der Waals surface area contributed by atoms with Gasteiger partial charge in [-0.1, -0.05) is 32.9 Å². The third-order valence-corrected chi connectivity index (χ3v) is 4.01. The number of benzene rings is 1. The Kier molecular flexibility index (Phi) is 10.0. The third-order valence-electron chi connectivity index (χ3n) is 4.01. The van der Waals surface area contributed by atoms with Crippen molar-refractivity contribution in [3.05, 3.63) is 29.3 Å². The molecule has 1 aromatic rings. The minimum absolute atomic E-state index is 0. The maximum absolute atomic E-state index is 12.1. The summed E-state index contributed by atoms with van der Waals surface area (Å²) in [5, 5.41) is 2.96. The van der Waals surface area contributed by atoms with Crippen LogP contribution in [-0.4, -0.2) is 18.1 Å². The van der Waals surface area contributed by atoms with E-state index in [-0.39, 0.29) is 36.4 Å². The van der Waals surface area contributed by atoms with Gasteiger partial charge in [0.15, 0.2) is 0 Å². The second kappa shape index (κ2) is 10.6. The van der Waals surface area contributed by atoms with Gasteiger partial charge in [0.1, 0.15) is 5.75 Å². The molecular weight excluding hydrogens is 324 g/mol. The van der Waals surface area contributed by atoms with Gasteiger partial charge in [-0.25, -0.2) is 0 Å². The van der Waals surface area contributed by atoms with Crippen LogP contribution >= 0.6 is 12.4 Å². The van der Waals surface area contributed by atoms with Gasteiger partial charge >= 0.3 is 0 Å². The smallest absolute Gasteiger partial charge is 0.224 e. The molecule has 5 heteroatoms. The second-order valence-electron chi connectivity index (χ2n) is 7.03. The number of halogens is 1. The number of hydrogen-bond acceptors (Lipinski definition) is 3. The topological polar surface area (TPSA) is 64.4 Å². The zero-order chi connectivity index (χ0) is 17.6. The largest absolute Gasteiger partial charge is 0.490 e. The molecule has 0 aliphatic rings. The van der Waals surface area contributed by atoms with Gasteiger partial charge in [0.2, 0.25) is 5.91 Å². The molecular formula is C19H33ClN2O2. The molecule has 0 heterocycles. The molecule has 1 amide bonds. The molecule has 0 fully saturated rings. The number of amides is 1. The van der Waals surface area contributed by atoms with Crippen LogP contribution in [0.1, 0.15) is 52.2 Å². The van der Waals surface area contributed by atoms with Gasteiger partial charge in [0, 0.05) is 24.1 Å². The predicted molar refractivity (Wildman–Crippen MR) is 103 cm³/mol. The first-order valence-electron chi connectivity index (χ1n) is 8.50. The lowest BCUT2D eigenvalue weighted by molar-refractivity contribution is -0.125. The van der Waals surface area contributed by atoms with Gasteiger partial charge in [-0.05, 0) is 44.7 Å². The van der Waals surface area contributed by atoms with Crippen LogP contribution < -0.4 is 15.8 Å². The zero-order valence-corrected chi connectivity index (χ0v) is 16.6. The Morgan fingerprint density at radius 2 is 1.83 bits per heavy atom. The van der Waals surface area contributed by atoms with E-state index in [0.717, 1.165) is 23.3 Å². The van der Waals surface area contributed by atoms with E-state index in [4.69, 9.17) is 10.5 Å². The van der Waals surface area contributed by atoms with Gasteiger partial charge in [0.05, 0.1) is 6.10 Å². The lowest BCUT2D eigenvalue weighted by Crippen LogP contribution is -2.38. The Morgan fingerprint density at radius 3 is 2.38 bits per heavy atom. The molecule has 3 N–H and O–H groups in total. The van der Waals surface area contributed by atoms with Crippen molar-refractivity contribution in [3.8, 4) is 5.75 Å². The number of carbonyl (C=O) groups is 1. The molecule has 0 aromatic heterocycles. The lowest BCUT2D eigenvalue weighted by atomic mass is 10.0. The van der Waals surface area contributed by atoms with Crippen molar-refractivity contribution in [2.75, 3.05) is 0 Å². The van der Waals surface area contributed by atoms with Crippen LogP contribution in [0.3, 0.4) is 0 Å². The normalized spacial score (nSPS) is 14.5. The number of nitrogens with one attached hydrogen (secondary N) is 1. The monoisotopic (exact) mass is 356 g/mol. The van der Waals surface area contributed by atoms with Crippen molar-refractivity contribution in [2.45, 2.75) is 66.7 Å². The van der Waals surface area contributed by atoms with Gasteiger partial charge in [-0.3, -0.25) is 4.79 Å². The maximum Gasteiger partial charge on any atom is 0.224 e. The van der Waals surface area contributed by atoms with Crippen LogP contribution in [0, 0.1) is 18.8 Å². The van der Waals surface area contributed by atoms with E-state index in [2.05, 4.69) is 26.1 Å². The molecule has 0 aliphatic carbocycles. The van der Waals surface area contributed by atoms with Gasteiger partial charge in [-0.2, -0.15) is 0 Å². The van der Waals surface area contributed by atoms with Crippen LogP contribution in [0.2, 0.25) is 0 Å². The van der Waals surface area contributed by atoms with Crippen LogP contribution in [0.15, 0.2) is 18.2 Å². The second-order valence-corrected chi connectivity index (χ2v) is 7.03. The summed E-state index contributed by atoms with van der Waals surface area (Å²) in [4.78, 5) is 12.1. The van der Waals surface area contributed by atoms with Crippen molar-refractivity contribution in [3.63, 3.8) is 0 Å². The summed E-state index contributed by atoms with van der Waals surface area (Å²) < 4.78 is 6.10. The highest BCUT2D eigenvalue weighted by Crippen LogP contribution is 2.23. The SMILES string of the molecule is Cc1ccc(CNC(=O)C(C)C(C)N)c(OC(C)CC(C)C)c1.Cl. The average Bonchev–Trinajstić information content (AvgIpc) is 2.44. The summed E-state index contributed by atoms with van der Waals surface area (Å²) in [6, 6.07) is 5.93. The Hall–Kier alpha value is -1.26. The van der Waals surface area contributed by atoms with Crippen molar-refractivity contribution in [1.29, 1.82) is 0 Å². The van der Waals surface area contributed by atoms with Gasteiger partial charge < -0.3 is 15.8 Å². The predicted octanol–water partition coefficient (Wildman–Crippen LogP) is 3.83. The molecule has 0 radical (unpaired) electrons. The van der Waals surface area contributed by atoms with Gasteiger partial charge in [0.25, 0.3) is 0 Å². The summed E-state index contributed by atoms with van der Waals surface area (Å²) in [5.41, 5.74) is 7.93. The quantitative estimate of drug-likeness (QED) is 0.744. The number of hydrogen-bond donors (Lipinski definition) is 2. The van der Waals surface area contributed by atoms with E-state index < -0.39 is 0 Å². The Bertz CT molecular complexity index is 518. The molecule has 0 saturated heterocycles. The van der Waals surface area contributed by atoms with E-state index in [1.807, 2.05) is 39.0 Å². The third kappa shape index (κ3) is 7.54. The molecule has 0 aliphatic heterocycles. The van der Waals surface area contributed by atoms with Crippen LogP contribution in [0.25, 0.3) is 0 Å². The fourth-order valence-electron chi connectivity index (χ4n) is 2.43.